The summed E-state index contributed by atoms with van der Waals surface area (Å²) in [4.78, 5) is 35.4. The molecule has 0 aliphatic carbocycles. The van der Waals surface area contributed by atoms with Crippen LogP contribution in [0.1, 0.15) is 17.0 Å². The average molecular weight is 354 g/mol. The van der Waals surface area contributed by atoms with Crippen LogP contribution in [0.4, 0.5) is 0 Å². The van der Waals surface area contributed by atoms with E-state index in [0.717, 1.165) is 0 Å². The van der Waals surface area contributed by atoms with Gasteiger partial charge in [0.05, 0.1) is 24.5 Å². The molecule has 0 unspecified atom stereocenters. The van der Waals surface area contributed by atoms with Crippen LogP contribution in [0.5, 0.6) is 0 Å². The van der Waals surface area contributed by atoms with Crippen LogP contribution >= 0.6 is 0 Å². The van der Waals surface area contributed by atoms with E-state index in [9.17, 15) is 14.4 Å². The molecule has 0 saturated carbocycles. The molecule has 0 atom stereocenters. The standard InChI is InChI=1S/C18H18N4O4/c23-15-12-21-22(14-5-2-1-4-13(14)15)10-7-17(24)19-8-9-20-18(25)16-6-3-11-26-16/h1-6,11-12H,7-10H2,(H,19,24)(H,20,25). The van der Waals surface area contributed by atoms with Crippen LogP contribution in [0.15, 0.2) is 58.1 Å². The quantitative estimate of drug-likeness (QED) is 0.614. The van der Waals surface area contributed by atoms with Crippen LogP contribution in [0.3, 0.4) is 0 Å². The molecule has 8 nitrogen and oxygen atoms in total. The first-order valence-corrected chi connectivity index (χ1v) is 8.18. The Hall–Kier alpha value is -3.42. The molecule has 2 amide bonds. The molecule has 2 heterocycles. The molecule has 26 heavy (non-hydrogen) atoms. The van der Waals surface area contributed by atoms with Crippen LogP contribution in [0.2, 0.25) is 0 Å². The summed E-state index contributed by atoms with van der Waals surface area (Å²) in [6.07, 6.45) is 2.89. The summed E-state index contributed by atoms with van der Waals surface area (Å²) in [7, 11) is 0. The van der Waals surface area contributed by atoms with E-state index in [1.54, 1.807) is 35.0 Å². The SMILES string of the molecule is O=C(CCn1ncc(=O)c2ccccc21)NCCNC(=O)c1ccco1. The molecule has 0 radical (unpaired) electrons. The predicted octanol–water partition coefficient (Wildman–Crippen LogP) is 0.926. The third kappa shape index (κ3) is 4.15. The highest BCUT2D eigenvalue weighted by Gasteiger charge is 2.08. The van der Waals surface area contributed by atoms with Gasteiger partial charge in [0.2, 0.25) is 11.3 Å². The molecule has 1 aromatic carbocycles. The van der Waals surface area contributed by atoms with Gasteiger partial charge >= 0.3 is 0 Å². The van der Waals surface area contributed by atoms with E-state index in [1.807, 2.05) is 6.07 Å². The zero-order chi connectivity index (χ0) is 18.4. The van der Waals surface area contributed by atoms with Crippen LogP contribution in [0.25, 0.3) is 10.9 Å². The molecular formula is C18H18N4O4. The summed E-state index contributed by atoms with van der Waals surface area (Å²) in [5.41, 5.74) is 0.548. The Bertz CT molecular complexity index is 963. The van der Waals surface area contributed by atoms with Crippen molar-refractivity contribution in [3.05, 3.63) is 64.8 Å². The minimum absolute atomic E-state index is 0.145. The molecule has 0 spiro atoms. The molecular weight excluding hydrogens is 336 g/mol. The topological polar surface area (TPSA) is 106 Å². The number of rotatable bonds is 7. The molecule has 2 aromatic heterocycles. The van der Waals surface area contributed by atoms with Crippen molar-refractivity contribution in [1.29, 1.82) is 0 Å². The molecule has 0 bridgehead atoms. The lowest BCUT2D eigenvalue weighted by Crippen LogP contribution is -2.35. The van der Waals surface area contributed by atoms with E-state index in [2.05, 4.69) is 15.7 Å². The van der Waals surface area contributed by atoms with Crippen LogP contribution in [-0.4, -0.2) is 34.7 Å². The van der Waals surface area contributed by atoms with Crippen molar-refractivity contribution in [2.45, 2.75) is 13.0 Å². The number of benzene rings is 1. The zero-order valence-electron chi connectivity index (χ0n) is 14.0. The Morgan fingerprint density at radius 1 is 1.08 bits per heavy atom. The summed E-state index contributed by atoms with van der Waals surface area (Å²) in [5.74, 6) is -0.262. The number of fused-ring (bicyclic) bond motifs is 1. The smallest absolute Gasteiger partial charge is 0.287 e. The number of carbonyl (C=O) groups excluding carboxylic acids is 2. The van der Waals surface area contributed by atoms with Gasteiger partial charge in [-0.05, 0) is 24.3 Å². The van der Waals surface area contributed by atoms with Crippen molar-refractivity contribution in [2.75, 3.05) is 13.1 Å². The maximum absolute atomic E-state index is 11.9. The molecule has 8 heteroatoms. The molecule has 2 N–H and O–H groups in total. The van der Waals surface area contributed by atoms with Gasteiger partial charge in [-0.15, -0.1) is 0 Å². The molecule has 134 valence electrons. The van der Waals surface area contributed by atoms with E-state index in [4.69, 9.17) is 4.42 Å². The fourth-order valence-electron chi connectivity index (χ4n) is 2.51. The summed E-state index contributed by atoms with van der Waals surface area (Å²) in [5, 5.41) is 10.0. The highest BCUT2D eigenvalue weighted by molar-refractivity contribution is 5.91. The number of nitrogens with zero attached hydrogens (tertiary/aromatic N) is 2. The van der Waals surface area contributed by atoms with Gasteiger partial charge in [0.25, 0.3) is 5.91 Å². The van der Waals surface area contributed by atoms with Gasteiger partial charge in [-0.2, -0.15) is 5.10 Å². The number of nitrogens with one attached hydrogen (secondary N) is 2. The van der Waals surface area contributed by atoms with Crippen molar-refractivity contribution >= 4 is 22.7 Å². The third-order valence-corrected chi connectivity index (χ3v) is 3.79. The van der Waals surface area contributed by atoms with E-state index in [0.29, 0.717) is 30.5 Å². The van der Waals surface area contributed by atoms with Gasteiger partial charge in [-0.25, -0.2) is 0 Å². The minimum Gasteiger partial charge on any atom is -0.459 e. The van der Waals surface area contributed by atoms with Crippen molar-refractivity contribution in [2.24, 2.45) is 0 Å². The van der Waals surface area contributed by atoms with Gasteiger partial charge in [0.1, 0.15) is 0 Å². The van der Waals surface area contributed by atoms with Gasteiger partial charge in [-0.3, -0.25) is 19.1 Å². The average Bonchev–Trinajstić information content (AvgIpc) is 3.20. The first-order valence-electron chi connectivity index (χ1n) is 8.18. The number of aromatic nitrogens is 2. The van der Waals surface area contributed by atoms with E-state index in [1.165, 1.54) is 12.5 Å². The lowest BCUT2D eigenvalue weighted by molar-refractivity contribution is -0.121. The predicted molar refractivity (Wildman–Crippen MR) is 94.7 cm³/mol. The number of para-hydroxylation sites is 1. The summed E-state index contributed by atoms with van der Waals surface area (Å²) in [6.45, 7) is 0.958. The Balaban J connectivity index is 1.45. The van der Waals surface area contributed by atoms with Crippen molar-refractivity contribution < 1.29 is 14.0 Å². The number of hydrogen-bond donors (Lipinski definition) is 2. The van der Waals surface area contributed by atoms with E-state index in [-0.39, 0.29) is 29.4 Å². The summed E-state index contributed by atoms with van der Waals surface area (Å²) >= 11 is 0. The van der Waals surface area contributed by atoms with E-state index < -0.39 is 0 Å². The molecule has 0 aliphatic heterocycles. The Morgan fingerprint density at radius 3 is 2.69 bits per heavy atom. The van der Waals surface area contributed by atoms with Crippen molar-refractivity contribution in [3.8, 4) is 0 Å². The fourth-order valence-corrected chi connectivity index (χ4v) is 2.51. The number of hydrogen-bond acceptors (Lipinski definition) is 5. The lowest BCUT2D eigenvalue weighted by Gasteiger charge is -2.09. The highest BCUT2D eigenvalue weighted by Crippen LogP contribution is 2.08. The second kappa shape index (κ2) is 8.11. The number of furan rings is 1. The summed E-state index contributed by atoms with van der Waals surface area (Å²) in [6, 6.07) is 10.3. The normalized spacial score (nSPS) is 10.6. The Morgan fingerprint density at radius 2 is 1.88 bits per heavy atom. The second-order valence-electron chi connectivity index (χ2n) is 5.58. The van der Waals surface area contributed by atoms with Gasteiger partial charge in [0.15, 0.2) is 5.76 Å². The fraction of sp³-hybridized carbons (Fsp3) is 0.222. The lowest BCUT2D eigenvalue weighted by atomic mass is 10.2. The molecule has 3 aromatic rings. The largest absolute Gasteiger partial charge is 0.459 e. The molecule has 0 fully saturated rings. The Labute approximate surface area is 148 Å². The third-order valence-electron chi connectivity index (χ3n) is 3.79. The maximum atomic E-state index is 11.9. The first-order chi connectivity index (χ1) is 12.6. The molecule has 0 saturated heterocycles. The van der Waals surface area contributed by atoms with E-state index >= 15 is 0 Å². The Kier molecular flexibility index (Phi) is 5.43. The highest BCUT2D eigenvalue weighted by atomic mass is 16.3. The number of carbonyl (C=O) groups is 2. The van der Waals surface area contributed by atoms with Crippen LogP contribution in [-0.2, 0) is 11.3 Å². The minimum atomic E-state index is -0.326. The molecule has 3 rings (SSSR count). The number of aryl methyl sites for hydroxylation is 1. The molecule has 0 aliphatic rings. The second-order valence-corrected chi connectivity index (χ2v) is 5.58. The first kappa shape index (κ1) is 17.4. The van der Waals surface area contributed by atoms with Gasteiger partial charge in [-0.1, -0.05) is 12.1 Å². The van der Waals surface area contributed by atoms with Gasteiger partial charge in [0, 0.05) is 24.9 Å². The number of amides is 2. The van der Waals surface area contributed by atoms with Crippen molar-refractivity contribution in [3.63, 3.8) is 0 Å². The monoisotopic (exact) mass is 354 g/mol. The van der Waals surface area contributed by atoms with Crippen LogP contribution < -0.4 is 16.1 Å². The zero-order valence-corrected chi connectivity index (χ0v) is 14.0. The maximum Gasteiger partial charge on any atom is 0.287 e. The summed E-state index contributed by atoms with van der Waals surface area (Å²) < 4.78 is 6.61. The van der Waals surface area contributed by atoms with Gasteiger partial charge < -0.3 is 15.1 Å². The van der Waals surface area contributed by atoms with Crippen molar-refractivity contribution in [1.82, 2.24) is 20.4 Å². The van der Waals surface area contributed by atoms with Crippen LogP contribution in [0, 0.1) is 0 Å².